The Bertz CT molecular complexity index is 94.5. The van der Waals surface area contributed by atoms with Crippen LogP contribution in [0.4, 0.5) is 0 Å². The molecule has 0 aliphatic heterocycles. The van der Waals surface area contributed by atoms with Crippen LogP contribution >= 0.6 is 0 Å². The van der Waals surface area contributed by atoms with Crippen LogP contribution in [-0.2, 0) is 10.4 Å². The molecule has 0 rings (SSSR count). The molecule has 0 aromatic heterocycles. The first kappa shape index (κ1) is 22.6. The molecule has 0 saturated carbocycles. The maximum absolute atomic E-state index is 8.52. The summed E-state index contributed by atoms with van der Waals surface area (Å²) in [7, 11) is -5.17. The van der Waals surface area contributed by atoms with E-state index in [2.05, 4.69) is 0 Å². The summed E-state index contributed by atoms with van der Waals surface area (Å²) in [6, 6.07) is 0. The fourth-order valence-corrected chi connectivity index (χ4v) is 0. The van der Waals surface area contributed by atoms with Gasteiger partial charge in [-0.25, -0.2) is 0 Å². The predicted molar refractivity (Wildman–Crippen MR) is 17.6 cm³/mol. The molecule has 0 atom stereocenters. The van der Waals surface area contributed by atoms with E-state index < -0.39 is 10.4 Å². The van der Waals surface area contributed by atoms with E-state index in [-0.39, 0.29) is 56.6 Å². The molecule has 34 valence electrons. The molecular weight excluding hydrogens is 117 g/mol. The monoisotopic (exact) mass is 118 g/mol. The third kappa shape index (κ3) is 123. The van der Waals surface area contributed by atoms with E-state index in [1.807, 2.05) is 0 Å². The Hall–Kier alpha value is 1.66. The first-order valence-corrected chi connectivity index (χ1v) is 2.00. The Morgan fingerprint density at radius 3 is 1.00 bits per heavy atom. The van der Waals surface area contributed by atoms with Crippen LogP contribution in [0.5, 0.6) is 0 Å². The van der Waals surface area contributed by atoms with Crippen molar-refractivity contribution in [2.24, 2.45) is 0 Å². The fraction of sp³-hybridized carbons (Fsp3) is 0. The van der Waals surface area contributed by atoms with Gasteiger partial charge in [0.05, 0.1) is 0 Å². The van der Waals surface area contributed by atoms with Crippen LogP contribution in [0, 0.1) is 0 Å². The molecule has 0 aromatic rings. The molecule has 0 amide bonds. The standard InChI is InChI=1S/3Li.H2O4S.H/c;;;1-5(2,3)4;/h;;;(H2,1,2,3,4);/q;2*+1;;/p-2. The molecule has 0 unspecified atom stereocenters. The van der Waals surface area contributed by atoms with E-state index >= 15 is 0 Å². The molecule has 8 heavy (non-hydrogen) atoms. The third-order valence-corrected chi connectivity index (χ3v) is 0. The van der Waals surface area contributed by atoms with Gasteiger partial charge in [0.25, 0.3) is 0 Å². The van der Waals surface area contributed by atoms with Crippen LogP contribution in [0.2, 0.25) is 0 Å². The quantitative estimate of drug-likeness (QED) is 0.180. The van der Waals surface area contributed by atoms with Gasteiger partial charge in [0.15, 0.2) is 0 Å². The van der Waals surface area contributed by atoms with Crippen molar-refractivity contribution in [2.45, 2.75) is 0 Å². The average molecular weight is 118 g/mol. The van der Waals surface area contributed by atoms with Gasteiger partial charge in [-0.15, -0.1) is 0 Å². The van der Waals surface area contributed by atoms with Crippen molar-refractivity contribution in [1.29, 1.82) is 0 Å². The first-order valence-electron chi connectivity index (χ1n) is 0.667. The Morgan fingerprint density at radius 2 is 1.00 bits per heavy atom. The van der Waals surface area contributed by atoms with Crippen LogP contribution < -0.4 is 37.7 Å². The first-order chi connectivity index (χ1) is 2.00. The molecule has 8 heteroatoms. The predicted octanol–water partition coefficient (Wildman–Crippen LogP) is -7.98. The number of hydrogen-bond donors (Lipinski definition) is 0. The second kappa shape index (κ2) is 8.66. The molecule has 0 fully saturated rings. The average Bonchev–Trinajstić information content (AvgIpc) is 0.722. The molecule has 0 spiro atoms. The van der Waals surface area contributed by atoms with Gasteiger partial charge in [0, 0.05) is 10.4 Å². The molecule has 0 aromatic carbocycles. The summed E-state index contributed by atoms with van der Waals surface area (Å²) in [5.74, 6) is 0. The van der Waals surface area contributed by atoms with Crippen molar-refractivity contribution in [3.05, 3.63) is 0 Å². The molecule has 0 aliphatic rings. The fourth-order valence-electron chi connectivity index (χ4n) is 0. The summed E-state index contributed by atoms with van der Waals surface area (Å²) in [6.45, 7) is 0. The maximum atomic E-state index is 8.52. The van der Waals surface area contributed by atoms with Crippen molar-refractivity contribution in [2.75, 3.05) is 0 Å². The second-order valence-corrected chi connectivity index (χ2v) is 1.22. The number of rotatable bonds is 0. The van der Waals surface area contributed by atoms with E-state index in [1.54, 1.807) is 0 Å². The van der Waals surface area contributed by atoms with Crippen LogP contribution in [0.15, 0.2) is 0 Å². The number of hydrogen-bond acceptors (Lipinski definition) is 4. The van der Waals surface area contributed by atoms with Gasteiger partial charge in [-0.2, -0.15) is 0 Å². The SMILES string of the molecule is O=S(=O)([O-])[O-].[Li+].[Li+].[LiH]. The van der Waals surface area contributed by atoms with Crippen molar-refractivity contribution in [3.8, 4) is 0 Å². The Morgan fingerprint density at radius 1 is 1.00 bits per heavy atom. The van der Waals surface area contributed by atoms with Gasteiger partial charge in [-0.3, -0.25) is 8.42 Å². The molecule has 0 aliphatic carbocycles. The van der Waals surface area contributed by atoms with Crippen molar-refractivity contribution in [3.63, 3.8) is 0 Å². The summed E-state index contributed by atoms with van der Waals surface area (Å²) in [5, 5.41) is 0. The van der Waals surface area contributed by atoms with E-state index in [4.69, 9.17) is 17.5 Å². The van der Waals surface area contributed by atoms with Gasteiger partial charge in [-0.1, -0.05) is 0 Å². The Labute approximate surface area is 83.9 Å². The Balaban J connectivity index is -0.0000000267. The van der Waals surface area contributed by atoms with Crippen molar-refractivity contribution in [1.82, 2.24) is 0 Å². The van der Waals surface area contributed by atoms with Crippen molar-refractivity contribution >= 4 is 29.3 Å². The normalized spacial score (nSPS) is 7.25. The van der Waals surface area contributed by atoms with E-state index in [0.29, 0.717) is 0 Å². The van der Waals surface area contributed by atoms with Gasteiger partial charge >= 0.3 is 56.6 Å². The van der Waals surface area contributed by atoms with Gasteiger partial charge in [0.1, 0.15) is 0 Å². The van der Waals surface area contributed by atoms with Gasteiger partial charge in [-0.05, 0) is 0 Å². The zero-order chi connectivity index (χ0) is 4.50. The van der Waals surface area contributed by atoms with Crippen molar-refractivity contribution < 1.29 is 55.2 Å². The topological polar surface area (TPSA) is 80.3 Å². The summed E-state index contributed by atoms with van der Waals surface area (Å²) >= 11 is 0. The van der Waals surface area contributed by atoms with Gasteiger partial charge < -0.3 is 9.11 Å². The zero-order valence-electron chi connectivity index (χ0n) is 4.04. The molecule has 0 radical (unpaired) electrons. The zero-order valence-corrected chi connectivity index (χ0v) is 4.86. The summed E-state index contributed by atoms with van der Waals surface area (Å²) in [4.78, 5) is 0. The molecule has 0 saturated heterocycles. The molecular formula is HLi3O4S. The van der Waals surface area contributed by atoms with Gasteiger partial charge in [0.2, 0.25) is 0 Å². The molecule has 4 nitrogen and oxygen atoms in total. The van der Waals surface area contributed by atoms with Crippen LogP contribution in [-0.4, -0.2) is 36.4 Å². The molecule has 0 bridgehead atoms. The molecule has 0 heterocycles. The minimum absolute atomic E-state index is 0. The van der Waals surface area contributed by atoms with Crippen LogP contribution in [0.25, 0.3) is 0 Å². The second-order valence-electron chi connectivity index (χ2n) is 0.408. The summed E-state index contributed by atoms with van der Waals surface area (Å²) < 4.78 is 34.1. The minimum atomic E-state index is -5.17. The van der Waals surface area contributed by atoms with E-state index in [0.717, 1.165) is 0 Å². The summed E-state index contributed by atoms with van der Waals surface area (Å²) in [5.41, 5.74) is 0. The molecule has 0 N–H and O–H groups in total. The van der Waals surface area contributed by atoms with Crippen LogP contribution in [0.3, 0.4) is 0 Å². The van der Waals surface area contributed by atoms with E-state index in [1.165, 1.54) is 0 Å². The van der Waals surface area contributed by atoms with E-state index in [9.17, 15) is 0 Å². The van der Waals surface area contributed by atoms with Crippen LogP contribution in [0.1, 0.15) is 0 Å². The Kier molecular flexibility index (Phi) is 24.5. The summed E-state index contributed by atoms with van der Waals surface area (Å²) in [6.07, 6.45) is 0. The third-order valence-electron chi connectivity index (χ3n) is 0.